The number of hydrogen-bond donors (Lipinski definition) is 0. The minimum atomic E-state index is 0.677. The van der Waals surface area contributed by atoms with Crippen molar-refractivity contribution < 1.29 is 0 Å². The average molecular weight is 294 g/mol. The van der Waals surface area contributed by atoms with E-state index in [0.717, 1.165) is 0 Å². The van der Waals surface area contributed by atoms with Crippen molar-refractivity contribution in [3.05, 3.63) is 60.2 Å². The van der Waals surface area contributed by atoms with Gasteiger partial charge in [0.25, 0.3) is 0 Å². The lowest BCUT2D eigenvalue weighted by molar-refractivity contribution is 0.557. The second kappa shape index (κ2) is 9.46. The molecule has 1 unspecified atom stereocenters. The molecule has 0 bridgehead atoms. The van der Waals surface area contributed by atoms with Gasteiger partial charge >= 0.3 is 0 Å². The van der Waals surface area contributed by atoms with Crippen molar-refractivity contribution in [3.8, 4) is 11.1 Å². The molecule has 0 heterocycles. The number of rotatable bonds is 9. The van der Waals surface area contributed by atoms with Crippen LogP contribution in [0.1, 0.15) is 70.3 Å². The molecule has 2 rings (SSSR count). The Hall–Kier alpha value is -1.56. The van der Waals surface area contributed by atoms with Gasteiger partial charge in [-0.25, -0.2) is 0 Å². The molecule has 0 fully saturated rings. The lowest BCUT2D eigenvalue weighted by Crippen LogP contribution is -1.94. The van der Waals surface area contributed by atoms with Crippen LogP contribution in [0.15, 0.2) is 54.6 Å². The van der Waals surface area contributed by atoms with E-state index in [2.05, 4.69) is 68.4 Å². The molecule has 1 atom stereocenters. The first-order valence-electron chi connectivity index (χ1n) is 8.96. The van der Waals surface area contributed by atoms with E-state index < -0.39 is 0 Å². The molecule has 0 spiro atoms. The van der Waals surface area contributed by atoms with Gasteiger partial charge in [-0.2, -0.15) is 0 Å². The molecule has 2 aromatic carbocycles. The Labute approximate surface area is 136 Å². The topological polar surface area (TPSA) is 0 Å². The second-order valence-electron chi connectivity index (χ2n) is 6.45. The van der Waals surface area contributed by atoms with Crippen LogP contribution < -0.4 is 0 Å². The maximum absolute atomic E-state index is 2.36. The maximum atomic E-state index is 2.36. The predicted octanol–water partition coefficient (Wildman–Crippen LogP) is 7.21. The Morgan fingerprint density at radius 1 is 0.682 bits per heavy atom. The maximum Gasteiger partial charge on any atom is -0.0184 e. The van der Waals surface area contributed by atoms with E-state index in [0.29, 0.717) is 5.92 Å². The van der Waals surface area contributed by atoms with E-state index in [4.69, 9.17) is 0 Å². The van der Waals surface area contributed by atoms with E-state index in [1.54, 1.807) is 0 Å². The van der Waals surface area contributed by atoms with Gasteiger partial charge in [0, 0.05) is 0 Å². The van der Waals surface area contributed by atoms with Gasteiger partial charge in [-0.3, -0.25) is 0 Å². The SMILES string of the molecule is CCCCCCCCC(C)c1ccc(-c2ccccc2)cc1. The van der Waals surface area contributed by atoms with Crippen LogP contribution in [0.25, 0.3) is 11.1 Å². The van der Waals surface area contributed by atoms with E-state index in [1.807, 2.05) is 0 Å². The molecule has 2 aromatic rings. The van der Waals surface area contributed by atoms with Crippen molar-refractivity contribution in [1.82, 2.24) is 0 Å². The normalized spacial score (nSPS) is 12.3. The number of hydrogen-bond acceptors (Lipinski definition) is 0. The standard InChI is InChI=1S/C22H30/c1-3-4-5-6-7-9-12-19(2)20-15-17-22(18-16-20)21-13-10-8-11-14-21/h8,10-11,13-19H,3-7,9,12H2,1-2H3. The van der Waals surface area contributed by atoms with Gasteiger partial charge in [0.1, 0.15) is 0 Å². The van der Waals surface area contributed by atoms with Crippen molar-refractivity contribution in [1.29, 1.82) is 0 Å². The molecular formula is C22H30. The Morgan fingerprint density at radius 3 is 1.95 bits per heavy atom. The molecular weight excluding hydrogens is 264 g/mol. The molecule has 22 heavy (non-hydrogen) atoms. The third-order valence-corrected chi connectivity index (χ3v) is 4.58. The highest BCUT2D eigenvalue weighted by Crippen LogP contribution is 2.25. The highest BCUT2D eigenvalue weighted by Gasteiger charge is 2.05. The van der Waals surface area contributed by atoms with Gasteiger partial charge in [0.05, 0.1) is 0 Å². The molecule has 0 heteroatoms. The quantitative estimate of drug-likeness (QED) is 0.429. The summed E-state index contributed by atoms with van der Waals surface area (Å²) >= 11 is 0. The molecule has 0 aliphatic heterocycles. The van der Waals surface area contributed by atoms with Crippen LogP contribution in [0, 0.1) is 0 Å². The van der Waals surface area contributed by atoms with Gasteiger partial charge in [-0.1, -0.05) is 107 Å². The number of unbranched alkanes of at least 4 members (excludes halogenated alkanes) is 5. The summed E-state index contributed by atoms with van der Waals surface area (Å²) in [5, 5.41) is 0. The van der Waals surface area contributed by atoms with Gasteiger partial charge < -0.3 is 0 Å². The first-order valence-corrected chi connectivity index (χ1v) is 8.96. The molecule has 0 aliphatic carbocycles. The molecule has 0 saturated carbocycles. The van der Waals surface area contributed by atoms with Crippen molar-refractivity contribution in [2.45, 2.75) is 64.7 Å². The number of benzene rings is 2. The van der Waals surface area contributed by atoms with Crippen molar-refractivity contribution in [2.75, 3.05) is 0 Å². The zero-order valence-corrected chi connectivity index (χ0v) is 14.2. The molecule has 0 aliphatic rings. The van der Waals surface area contributed by atoms with E-state index in [-0.39, 0.29) is 0 Å². The third-order valence-electron chi connectivity index (χ3n) is 4.58. The van der Waals surface area contributed by atoms with Crippen LogP contribution in [0.4, 0.5) is 0 Å². The van der Waals surface area contributed by atoms with Crippen molar-refractivity contribution in [2.24, 2.45) is 0 Å². The van der Waals surface area contributed by atoms with Crippen LogP contribution in [0.2, 0.25) is 0 Å². The van der Waals surface area contributed by atoms with E-state index >= 15 is 0 Å². The summed E-state index contributed by atoms with van der Waals surface area (Å²) in [7, 11) is 0. The van der Waals surface area contributed by atoms with Crippen LogP contribution in [0.5, 0.6) is 0 Å². The van der Waals surface area contributed by atoms with Crippen LogP contribution in [-0.4, -0.2) is 0 Å². The largest absolute Gasteiger partial charge is 0.0654 e. The fourth-order valence-electron chi connectivity index (χ4n) is 3.03. The fourth-order valence-corrected chi connectivity index (χ4v) is 3.03. The fraction of sp³-hybridized carbons (Fsp3) is 0.455. The zero-order chi connectivity index (χ0) is 15.6. The minimum Gasteiger partial charge on any atom is -0.0654 e. The summed E-state index contributed by atoms with van der Waals surface area (Å²) in [5.74, 6) is 0.677. The molecule has 0 saturated heterocycles. The second-order valence-corrected chi connectivity index (χ2v) is 6.45. The summed E-state index contributed by atoms with van der Waals surface area (Å²) in [6, 6.07) is 19.8. The molecule has 118 valence electrons. The molecule has 0 aromatic heterocycles. The molecule has 0 amide bonds. The summed E-state index contributed by atoms with van der Waals surface area (Å²) in [4.78, 5) is 0. The Balaban J connectivity index is 1.80. The van der Waals surface area contributed by atoms with Crippen molar-refractivity contribution >= 4 is 0 Å². The Morgan fingerprint density at radius 2 is 1.27 bits per heavy atom. The lowest BCUT2D eigenvalue weighted by Gasteiger charge is -2.12. The summed E-state index contributed by atoms with van der Waals surface area (Å²) in [6.45, 7) is 4.64. The van der Waals surface area contributed by atoms with E-state index in [1.165, 1.54) is 61.6 Å². The Bertz CT molecular complexity index is 509. The Kier molecular flexibility index (Phi) is 7.22. The smallest absolute Gasteiger partial charge is 0.0184 e. The zero-order valence-electron chi connectivity index (χ0n) is 14.2. The van der Waals surface area contributed by atoms with Gasteiger partial charge in [-0.15, -0.1) is 0 Å². The van der Waals surface area contributed by atoms with Gasteiger partial charge in [0.15, 0.2) is 0 Å². The third kappa shape index (κ3) is 5.33. The van der Waals surface area contributed by atoms with Crippen LogP contribution in [0.3, 0.4) is 0 Å². The molecule has 0 radical (unpaired) electrons. The molecule has 0 N–H and O–H groups in total. The highest BCUT2D eigenvalue weighted by atomic mass is 14.1. The summed E-state index contributed by atoms with van der Waals surface area (Å²) < 4.78 is 0. The van der Waals surface area contributed by atoms with Crippen LogP contribution in [-0.2, 0) is 0 Å². The first kappa shape index (κ1) is 16.8. The lowest BCUT2D eigenvalue weighted by atomic mass is 9.93. The van der Waals surface area contributed by atoms with Gasteiger partial charge in [-0.05, 0) is 29.0 Å². The molecule has 0 nitrogen and oxygen atoms in total. The van der Waals surface area contributed by atoms with E-state index in [9.17, 15) is 0 Å². The van der Waals surface area contributed by atoms with Crippen molar-refractivity contribution in [3.63, 3.8) is 0 Å². The predicted molar refractivity (Wildman–Crippen MR) is 98.3 cm³/mol. The summed E-state index contributed by atoms with van der Waals surface area (Å²) in [5.41, 5.74) is 4.10. The average Bonchev–Trinajstić information content (AvgIpc) is 2.59. The van der Waals surface area contributed by atoms with Crippen LogP contribution >= 0.6 is 0 Å². The van der Waals surface area contributed by atoms with Gasteiger partial charge in [0.2, 0.25) is 0 Å². The first-order chi connectivity index (χ1) is 10.8. The highest BCUT2D eigenvalue weighted by molar-refractivity contribution is 5.63. The monoisotopic (exact) mass is 294 g/mol. The minimum absolute atomic E-state index is 0.677. The summed E-state index contributed by atoms with van der Waals surface area (Å²) in [6.07, 6.45) is 9.64.